The molecule has 1 N–H and O–H groups in total. The number of anilines is 2. The average Bonchev–Trinajstić information content (AvgIpc) is 3.27. The number of pyridine rings is 2. The van der Waals surface area contributed by atoms with Crippen LogP contribution in [0.4, 0.5) is 16.2 Å². The zero-order valence-electron chi connectivity index (χ0n) is 19.5. The smallest absolute Gasteiger partial charge is 0.341 e. The summed E-state index contributed by atoms with van der Waals surface area (Å²) in [5.74, 6) is -1.96. The Hall–Kier alpha value is -3.45. The van der Waals surface area contributed by atoms with E-state index in [1.807, 2.05) is 6.92 Å². The van der Waals surface area contributed by atoms with Gasteiger partial charge in [-0.1, -0.05) is 0 Å². The van der Waals surface area contributed by atoms with Crippen LogP contribution in [0.2, 0.25) is 0 Å². The summed E-state index contributed by atoms with van der Waals surface area (Å²) in [4.78, 5) is 48.9. The molecule has 186 valence electrons. The van der Waals surface area contributed by atoms with Crippen molar-refractivity contribution in [3.63, 3.8) is 0 Å². The number of nitrogens with zero attached hydrogens (tertiary/aromatic N) is 6. The van der Waals surface area contributed by atoms with Gasteiger partial charge in [-0.2, -0.15) is 9.36 Å². The Labute approximate surface area is 203 Å². The highest BCUT2D eigenvalue weighted by Gasteiger charge is 2.35. The van der Waals surface area contributed by atoms with Gasteiger partial charge in [0.25, 0.3) is 0 Å². The van der Waals surface area contributed by atoms with E-state index < -0.39 is 22.8 Å². The summed E-state index contributed by atoms with van der Waals surface area (Å²) < 4.78 is 25.8. The Morgan fingerprint density at radius 2 is 2.06 bits per heavy atom. The SMILES string of the molecule is CCOCCCC(=O)C1CN(c2nc3c(cc2F)c(=O)c(C(=O)O)cn3-c2nc(N(C)C)ns2)C1. The number of hydrogen-bond acceptors (Lipinski definition) is 10. The van der Waals surface area contributed by atoms with Gasteiger partial charge in [0, 0.05) is 64.5 Å². The van der Waals surface area contributed by atoms with Crippen LogP contribution in [0.1, 0.15) is 30.1 Å². The first-order chi connectivity index (χ1) is 16.7. The number of ketones is 1. The molecule has 13 heteroatoms. The molecular weight excluding hydrogens is 479 g/mol. The van der Waals surface area contributed by atoms with Crippen molar-refractivity contribution < 1.29 is 23.8 Å². The Kier molecular flexibility index (Phi) is 7.08. The fraction of sp³-hybridized carbons (Fsp3) is 0.455. The first-order valence-electron chi connectivity index (χ1n) is 11.1. The number of ether oxygens (including phenoxy) is 1. The van der Waals surface area contributed by atoms with E-state index in [2.05, 4.69) is 14.3 Å². The number of aromatic carboxylic acids is 1. The second-order valence-electron chi connectivity index (χ2n) is 8.35. The number of carbonyl (C=O) groups is 2. The molecule has 11 nitrogen and oxygen atoms in total. The molecule has 35 heavy (non-hydrogen) atoms. The topological polar surface area (TPSA) is 131 Å². The standard InChI is InChI=1S/C22H25FN6O5S/c1-4-34-7-5-6-16(30)12-9-28(10-12)19-15(23)8-13-17(31)14(20(32)33)11-29(18(13)24-19)22-25-21(26-35-22)27(2)3/h8,11-12H,4-7,9-10H2,1-3H3,(H,32,33). The Bertz CT molecular complexity index is 1330. The third kappa shape index (κ3) is 4.86. The Balaban J connectivity index is 1.68. The van der Waals surface area contributed by atoms with E-state index in [1.165, 1.54) is 4.57 Å². The van der Waals surface area contributed by atoms with Crippen molar-refractivity contribution in [2.45, 2.75) is 19.8 Å². The minimum Gasteiger partial charge on any atom is -0.477 e. The van der Waals surface area contributed by atoms with E-state index in [1.54, 1.807) is 23.9 Å². The Morgan fingerprint density at radius 3 is 2.69 bits per heavy atom. The molecule has 0 bridgehead atoms. The van der Waals surface area contributed by atoms with E-state index in [-0.39, 0.29) is 33.7 Å². The number of fused-ring (bicyclic) bond motifs is 1. The van der Waals surface area contributed by atoms with E-state index in [4.69, 9.17) is 4.74 Å². The van der Waals surface area contributed by atoms with Crippen LogP contribution in [0.25, 0.3) is 16.2 Å². The van der Waals surface area contributed by atoms with Crippen LogP contribution in [-0.2, 0) is 9.53 Å². The largest absolute Gasteiger partial charge is 0.477 e. The monoisotopic (exact) mass is 504 g/mol. The minimum atomic E-state index is -1.44. The predicted octanol–water partition coefficient (Wildman–Crippen LogP) is 1.96. The average molecular weight is 505 g/mol. The molecule has 1 fully saturated rings. The second-order valence-corrected chi connectivity index (χ2v) is 9.08. The Morgan fingerprint density at radius 1 is 1.31 bits per heavy atom. The summed E-state index contributed by atoms with van der Waals surface area (Å²) in [6.07, 6.45) is 2.16. The summed E-state index contributed by atoms with van der Waals surface area (Å²) in [5.41, 5.74) is -1.32. The molecule has 0 radical (unpaired) electrons. The van der Waals surface area contributed by atoms with Crippen LogP contribution in [0.5, 0.6) is 0 Å². The zero-order chi connectivity index (χ0) is 25.3. The van der Waals surface area contributed by atoms with Gasteiger partial charge < -0.3 is 19.6 Å². The molecule has 3 aromatic rings. The van der Waals surface area contributed by atoms with E-state index in [0.29, 0.717) is 45.1 Å². The molecule has 3 aromatic heterocycles. The molecule has 4 heterocycles. The molecule has 1 saturated heterocycles. The van der Waals surface area contributed by atoms with Crippen molar-refractivity contribution in [1.29, 1.82) is 0 Å². The lowest BCUT2D eigenvalue weighted by Gasteiger charge is -2.39. The highest BCUT2D eigenvalue weighted by Crippen LogP contribution is 2.30. The fourth-order valence-corrected chi connectivity index (χ4v) is 4.49. The molecule has 0 spiro atoms. The third-order valence-corrected chi connectivity index (χ3v) is 6.41. The number of hydrogen-bond donors (Lipinski definition) is 1. The highest BCUT2D eigenvalue weighted by molar-refractivity contribution is 7.08. The number of rotatable bonds is 10. The van der Waals surface area contributed by atoms with Crippen LogP contribution in [-0.4, -0.2) is 76.2 Å². The lowest BCUT2D eigenvalue weighted by atomic mass is 9.92. The maximum Gasteiger partial charge on any atom is 0.341 e. The number of Topliss-reactive ketones (excluding diaryl/α,β-unsaturated/α-hetero) is 1. The summed E-state index contributed by atoms with van der Waals surface area (Å²) in [6.45, 7) is 3.64. The molecule has 0 amide bonds. The van der Waals surface area contributed by atoms with Crippen molar-refractivity contribution in [2.24, 2.45) is 5.92 Å². The van der Waals surface area contributed by atoms with Gasteiger partial charge in [-0.15, -0.1) is 0 Å². The van der Waals surface area contributed by atoms with Gasteiger partial charge in [0.05, 0.1) is 11.3 Å². The van der Waals surface area contributed by atoms with Crippen LogP contribution in [0.3, 0.4) is 0 Å². The first-order valence-corrected chi connectivity index (χ1v) is 11.8. The molecule has 0 aromatic carbocycles. The normalized spacial score (nSPS) is 13.8. The van der Waals surface area contributed by atoms with Gasteiger partial charge in [-0.3, -0.25) is 14.2 Å². The van der Waals surface area contributed by atoms with Crippen LogP contribution in [0, 0.1) is 11.7 Å². The van der Waals surface area contributed by atoms with Gasteiger partial charge in [-0.25, -0.2) is 14.2 Å². The van der Waals surface area contributed by atoms with Crippen molar-refractivity contribution in [1.82, 2.24) is 18.9 Å². The molecule has 1 aliphatic rings. The van der Waals surface area contributed by atoms with Crippen LogP contribution >= 0.6 is 11.5 Å². The van der Waals surface area contributed by atoms with Crippen molar-refractivity contribution >= 4 is 46.1 Å². The van der Waals surface area contributed by atoms with E-state index in [9.17, 15) is 19.5 Å². The number of carboxylic acid groups (broad SMARTS) is 1. The summed E-state index contributed by atoms with van der Waals surface area (Å²) in [5, 5.41) is 9.60. The lowest BCUT2D eigenvalue weighted by molar-refractivity contribution is -0.123. The quantitative estimate of drug-likeness (QED) is 0.409. The van der Waals surface area contributed by atoms with Crippen molar-refractivity contribution in [2.75, 3.05) is 50.2 Å². The van der Waals surface area contributed by atoms with Gasteiger partial charge in [0.15, 0.2) is 17.3 Å². The van der Waals surface area contributed by atoms with Crippen LogP contribution < -0.4 is 15.2 Å². The molecule has 0 unspecified atom stereocenters. The summed E-state index contributed by atoms with van der Waals surface area (Å²) >= 11 is 0.989. The lowest BCUT2D eigenvalue weighted by Crippen LogP contribution is -2.51. The van der Waals surface area contributed by atoms with Crippen molar-refractivity contribution in [3.8, 4) is 5.13 Å². The highest BCUT2D eigenvalue weighted by atomic mass is 32.1. The number of carboxylic acids is 1. The molecule has 0 aliphatic carbocycles. The molecular formula is C22H25FN6O5S. The van der Waals surface area contributed by atoms with E-state index in [0.717, 1.165) is 23.8 Å². The molecule has 4 rings (SSSR count). The maximum atomic E-state index is 15.0. The fourth-order valence-electron chi connectivity index (χ4n) is 3.77. The van der Waals surface area contributed by atoms with Gasteiger partial charge in [-0.05, 0) is 19.4 Å². The van der Waals surface area contributed by atoms with Gasteiger partial charge >= 0.3 is 5.97 Å². The number of halogens is 1. The third-order valence-electron chi connectivity index (χ3n) is 5.71. The molecule has 0 atom stereocenters. The minimum absolute atomic E-state index is 0.00978. The number of carbonyl (C=O) groups excluding carboxylic acids is 1. The van der Waals surface area contributed by atoms with Gasteiger partial charge in [0.1, 0.15) is 11.3 Å². The van der Waals surface area contributed by atoms with Gasteiger partial charge in [0.2, 0.25) is 16.5 Å². The first kappa shape index (κ1) is 24.7. The summed E-state index contributed by atoms with van der Waals surface area (Å²) in [6, 6.07) is 0.994. The second kappa shape index (κ2) is 10.0. The van der Waals surface area contributed by atoms with Crippen molar-refractivity contribution in [3.05, 3.63) is 33.9 Å². The molecule has 1 aliphatic heterocycles. The molecule has 0 saturated carbocycles. The maximum absolute atomic E-state index is 15.0. The van der Waals surface area contributed by atoms with E-state index >= 15 is 4.39 Å². The zero-order valence-corrected chi connectivity index (χ0v) is 20.3. The van der Waals surface area contributed by atoms with Crippen LogP contribution in [0.15, 0.2) is 17.1 Å². The predicted molar refractivity (Wildman–Crippen MR) is 128 cm³/mol. The summed E-state index contributed by atoms with van der Waals surface area (Å²) in [7, 11) is 3.50. The number of aromatic nitrogens is 4.